The van der Waals surface area contributed by atoms with Crippen molar-refractivity contribution in [2.75, 3.05) is 18.2 Å². The maximum Gasteiger partial charge on any atom is 0.226 e. The SMILES string of the molecule is COc1ccc(-c2nnc(NC(=O)CC(C)C)s2)cc1N. The number of ether oxygens (including phenoxy) is 1. The van der Waals surface area contributed by atoms with Crippen LogP contribution in [0.3, 0.4) is 0 Å². The minimum Gasteiger partial charge on any atom is -0.495 e. The number of hydrogen-bond donors (Lipinski definition) is 2. The number of carbonyl (C=O) groups excluding carboxylic acids is 1. The molecular weight excluding hydrogens is 288 g/mol. The van der Waals surface area contributed by atoms with Gasteiger partial charge in [0.2, 0.25) is 11.0 Å². The molecule has 7 heteroatoms. The molecule has 1 aromatic heterocycles. The van der Waals surface area contributed by atoms with Crippen molar-refractivity contribution in [3.05, 3.63) is 18.2 Å². The van der Waals surface area contributed by atoms with Crippen LogP contribution in [0.1, 0.15) is 20.3 Å². The number of nitrogens with two attached hydrogens (primary N) is 1. The molecule has 0 unspecified atom stereocenters. The summed E-state index contributed by atoms with van der Waals surface area (Å²) >= 11 is 1.31. The van der Waals surface area contributed by atoms with Crippen molar-refractivity contribution >= 4 is 28.1 Å². The number of benzene rings is 1. The standard InChI is InChI=1S/C14H18N4O2S/c1-8(2)6-12(19)16-14-18-17-13(21-14)9-4-5-11(20-3)10(15)7-9/h4-5,7-8H,6,15H2,1-3H3,(H,16,18,19). The van der Waals surface area contributed by atoms with E-state index in [-0.39, 0.29) is 5.91 Å². The average Bonchev–Trinajstić information content (AvgIpc) is 2.86. The first-order chi connectivity index (χ1) is 9.99. The molecule has 2 rings (SSSR count). The fraction of sp³-hybridized carbons (Fsp3) is 0.357. The van der Waals surface area contributed by atoms with Crippen molar-refractivity contribution in [3.63, 3.8) is 0 Å². The molecule has 2 aromatic rings. The lowest BCUT2D eigenvalue weighted by Crippen LogP contribution is -2.13. The number of aromatic nitrogens is 2. The van der Waals surface area contributed by atoms with Crippen molar-refractivity contribution in [2.24, 2.45) is 5.92 Å². The van der Waals surface area contributed by atoms with Crippen molar-refractivity contribution in [3.8, 4) is 16.3 Å². The molecule has 0 aliphatic carbocycles. The Morgan fingerprint density at radius 1 is 1.43 bits per heavy atom. The van der Waals surface area contributed by atoms with Crippen molar-refractivity contribution in [1.82, 2.24) is 10.2 Å². The van der Waals surface area contributed by atoms with Gasteiger partial charge in [-0.2, -0.15) is 0 Å². The van der Waals surface area contributed by atoms with Crippen LogP contribution in [0.25, 0.3) is 10.6 Å². The Labute approximate surface area is 127 Å². The zero-order chi connectivity index (χ0) is 15.4. The molecule has 1 heterocycles. The van der Waals surface area contributed by atoms with Gasteiger partial charge in [-0.25, -0.2) is 0 Å². The molecule has 0 bridgehead atoms. The van der Waals surface area contributed by atoms with E-state index in [9.17, 15) is 4.79 Å². The fourth-order valence-corrected chi connectivity index (χ4v) is 2.55. The highest BCUT2D eigenvalue weighted by Crippen LogP contribution is 2.31. The van der Waals surface area contributed by atoms with E-state index < -0.39 is 0 Å². The molecule has 1 aromatic carbocycles. The van der Waals surface area contributed by atoms with Gasteiger partial charge in [-0.1, -0.05) is 25.2 Å². The topological polar surface area (TPSA) is 90.1 Å². The van der Waals surface area contributed by atoms with E-state index in [1.54, 1.807) is 19.2 Å². The van der Waals surface area contributed by atoms with Gasteiger partial charge in [-0.05, 0) is 24.1 Å². The largest absolute Gasteiger partial charge is 0.495 e. The van der Waals surface area contributed by atoms with Crippen LogP contribution in [0, 0.1) is 5.92 Å². The third-order valence-electron chi connectivity index (χ3n) is 2.74. The molecule has 0 saturated heterocycles. The van der Waals surface area contributed by atoms with Gasteiger partial charge in [0.05, 0.1) is 12.8 Å². The van der Waals surface area contributed by atoms with Crippen LogP contribution >= 0.6 is 11.3 Å². The van der Waals surface area contributed by atoms with Gasteiger partial charge in [0.15, 0.2) is 0 Å². The first-order valence-electron chi connectivity index (χ1n) is 6.57. The van der Waals surface area contributed by atoms with Crippen molar-refractivity contribution < 1.29 is 9.53 Å². The lowest BCUT2D eigenvalue weighted by molar-refractivity contribution is -0.116. The smallest absolute Gasteiger partial charge is 0.226 e. The summed E-state index contributed by atoms with van der Waals surface area (Å²) < 4.78 is 5.12. The first kappa shape index (κ1) is 15.2. The number of anilines is 2. The number of carbonyl (C=O) groups is 1. The van der Waals surface area contributed by atoms with Gasteiger partial charge < -0.3 is 15.8 Å². The molecule has 0 radical (unpaired) electrons. The second-order valence-corrected chi connectivity index (χ2v) is 5.99. The van der Waals surface area contributed by atoms with Crippen LogP contribution in [0.15, 0.2) is 18.2 Å². The zero-order valence-electron chi connectivity index (χ0n) is 12.2. The molecule has 0 aliphatic heterocycles. The molecule has 0 aliphatic rings. The maximum atomic E-state index is 11.7. The van der Waals surface area contributed by atoms with E-state index in [0.717, 1.165) is 5.56 Å². The quantitative estimate of drug-likeness (QED) is 0.829. The Hall–Kier alpha value is -2.15. The number of rotatable bonds is 5. The van der Waals surface area contributed by atoms with E-state index in [4.69, 9.17) is 10.5 Å². The number of amides is 1. The Kier molecular flexibility index (Phi) is 4.74. The minimum absolute atomic E-state index is 0.0538. The summed E-state index contributed by atoms with van der Waals surface area (Å²) in [5.74, 6) is 0.870. The van der Waals surface area contributed by atoms with Crippen LogP contribution < -0.4 is 15.8 Å². The summed E-state index contributed by atoms with van der Waals surface area (Å²) in [5, 5.41) is 12.0. The summed E-state index contributed by atoms with van der Waals surface area (Å²) in [4.78, 5) is 11.7. The lowest BCUT2D eigenvalue weighted by atomic mass is 10.1. The second-order valence-electron chi connectivity index (χ2n) is 5.02. The highest BCUT2D eigenvalue weighted by atomic mass is 32.1. The third-order valence-corrected chi connectivity index (χ3v) is 3.63. The lowest BCUT2D eigenvalue weighted by Gasteiger charge is -2.05. The molecule has 21 heavy (non-hydrogen) atoms. The van der Waals surface area contributed by atoms with Gasteiger partial charge >= 0.3 is 0 Å². The predicted molar refractivity (Wildman–Crippen MR) is 84.4 cm³/mol. The van der Waals surface area contributed by atoms with Crippen LogP contribution in [-0.2, 0) is 4.79 Å². The average molecular weight is 306 g/mol. The van der Waals surface area contributed by atoms with Crippen molar-refractivity contribution in [1.29, 1.82) is 0 Å². The summed E-state index contributed by atoms with van der Waals surface area (Å²) in [6.45, 7) is 3.98. The summed E-state index contributed by atoms with van der Waals surface area (Å²) in [6, 6.07) is 5.41. The van der Waals surface area contributed by atoms with E-state index in [1.807, 2.05) is 19.9 Å². The van der Waals surface area contributed by atoms with Crippen LogP contribution in [0.4, 0.5) is 10.8 Å². The van der Waals surface area contributed by atoms with Crippen LogP contribution in [0.2, 0.25) is 0 Å². The molecular formula is C14H18N4O2S. The highest BCUT2D eigenvalue weighted by molar-refractivity contribution is 7.18. The Morgan fingerprint density at radius 3 is 2.81 bits per heavy atom. The summed E-state index contributed by atoms with van der Waals surface area (Å²) in [5.41, 5.74) is 7.25. The Bertz CT molecular complexity index is 640. The number of methoxy groups -OCH3 is 1. The van der Waals surface area contributed by atoms with Gasteiger partial charge in [0.1, 0.15) is 10.8 Å². The first-order valence-corrected chi connectivity index (χ1v) is 7.38. The number of nitrogens with zero attached hydrogens (tertiary/aromatic N) is 2. The molecule has 0 fully saturated rings. The van der Waals surface area contributed by atoms with E-state index in [1.165, 1.54) is 11.3 Å². The monoisotopic (exact) mass is 306 g/mol. The normalized spacial score (nSPS) is 10.7. The number of nitrogens with one attached hydrogen (secondary N) is 1. The second kappa shape index (κ2) is 6.53. The van der Waals surface area contributed by atoms with E-state index >= 15 is 0 Å². The summed E-state index contributed by atoms with van der Waals surface area (Å²) in [7, 11) is 1.57. The predicted octanol–water partition coefficient (Wildman–Crippen LogP) is 2.78. The van der Waals surface area contributed by atoms with Gasteiger partial charge in [-0.3, -0.25) is 4.79 Å². The molecule has 6 nitrogen and oxygen atoms in total. The Morgan fingerprint density at radius 2 is 2.19 bits per heavy atom. The highest BCUT2D eigenvalue weighted by Gasteiger charge is 2.12. The fourth-order valence-electron chi connectivity index (χ4n) is 1.80. The van der Waals surface area contributed by atoms with Gasteiger partial charge in [0.25, 0.3) is 0 Å². The number of nitrogen functional groups attached to an aromatic ring is 1. The third kappa shape index (κ3) is 3.91. The van der Waals surface area contributed by atoms with Crippen LogP contribution in [0.5, 0.6) is 5.75 Å². The van der Waals surface area contributed by atoms with Crippen LogP contribution in [-0.4, -0.2) is 23.2 Å². The van der Waals surface area contributed by atoms with Gasteiger partial charge in [0, 0.05) is 12.0 Å². The molecule has 3 N–H and O–H groups in total. The van der Waals surface area contributed by atoms with Crippen molar-refractivity contribution in [2.45, 2.75) is 20.3 Å². The Balaban J connectivity index is 2.12. The van der Waals surface area contributed by atoms with E-state index in [2.05, 4.69) is 15.5 Å². The van der Waals surface area contributed by atoms with E-state index in [0.29, 0.717) is 33.9 Å². The zero-order valence-corrected chi connectivity index (χ0v) is 13.0. The number of hydrogen-bond acceptors (Lipinski definition) is 6. The molecule has 112 valence electrons. The van der Waals surface area contributed by atoms with Gasteiger partial charge in [-0.15, -0.1) is 10.2 Å². The summed E-state index contributed by atoms with van der Waals surface area (Å²) in [6.07, 6.45) is 0.463. The minimum atomic E-state index is -0.0538. The molecule has 0 atom stereocenters. The molecule has 0 saturated carbocycles. The maximum absolute atomic E-state index is 11.7. The molecule has 1 amide bonds. The molecule has 0 spiro atoms.